The van der Waals surface area contributed by atoms with E-state index in [4.69, 9.17) is 16.3 Å². The molecule has 0 spiro atoms. The molecule has 1 N–H and O–H groups in total. The van der Waals surface area contributed by atoms with E-state index in [1.54, 1.807) is 42.2 Å². The maximum absolute atomic E-state index is 11.6. The summed E-state index contributed by atoms with van der Waals surface area (Å²) in [6, 6.07) is 6.79. The molecule has 0 aliphatic rings. The van der Waals surface area contributed by atoms with Crippen LogP contribution in [0, 0.1) is 0 Å². The number of nitrogens with zero attached hydrogens (tertiary/aromatic N) is 2. The molecule has 2 rings (SSSR count). The van der Waals surface area contributed by atoms with Gasteiger partial charge in [-0.1, -0.05) is 11.6 Å². The van der Waals surface area contributed by atoms with Gasteiger partial charge in [-0.3, -0.25) is 9.48 Å². The molecule has 0 atom stereocenters. The van der Waals surface area contributed by atoms with Crippen LogP contribution in [0.15, 0.2) is 34.9 Å². The average molecular weight is 345 g/mol. The van der Waals surface area contributed by atoms with Gasteiger partial charge in [-0.2, -0.15) is 5.10 Å². The Kier molecular flexibility index (Phi) is 4.44. The van der Waals surface area contributed by atoms with Crippen molar-refractivity contribution in [2.45, 2.75) is 0 Å². The lowest BCUT2D eigenvalue weighted by Gasteiger charge is -2.07. The molecule has 1 aromatic carbocycles. The van der Waals surface area contributed by atoms with Crippen LogP contribution in [-0.4, -0.2) is 22.3 Å². The molecule has 1 heterocycles. The molecule has 0 aliphatic carbocycles. The summed E-state index contributed by atoms with van der Waals surface area (Å²) in [7, 11) is 1.77. The quantitative estimate of drug-likeness (QED) is 0.928. The fourth-order valence-electron chi connectivity index (χ4n) is 1.40. The Bertz CT molecular complexity index is 600. The van der Waals surface area contributed by atoms with Gasteiger partial charge < -0.3 is 10.1 Å². The summed E-state index contributed by atoms with van der Waals surface area (Å²) in [6.45, 7) is -0.100. The number of carbonyl (C=O) groups excluding carboxylic acids is 1. The molecule has 7 heteroatoms. The molecule has 0 fully saturated rings. The van der Waals surface area contributed by atoms with Gasteiger partial charge in [0.05, 0.1) is 4.47 Å². The van der Waals surface area contributed by atoms with Crippen molar-refractivity contribution in [1.29, 1.82) is 0 Å². The molecule has 5 nitrogen and oxygen atoms in total. The van der Waals surface area contributed by atoms with Crippen LogP contribution in [0.2, 0.25) is 5.02 Å². The fourth-order valence-corrected chi connectivity index (χ4v) is 2.19. The van der Waals surface area contributed by atoms with E-state index < -0.39 is 0 Å². The highest BCUT2D eigenvalue weighted by atomic mass is 79.9. The minimum absolute atomic E-state index is 0.100. The number of carbonyl (C=O) groups is 1. The molecule has 0 saturated heterocycles. The van der Waals surface area contributed by atoms with Gasteiger partial charge in [-0.05, 0) is 34.1 Å². The molecular weight excluding hydrogens is 334 g/mol. The van der Waals surface area contributed by atoms with Crippen molar-refractivity contribution in [3.8, 4) is 5.75 Å². The van der Waals surface area contributed by atoms with Crippen LogP contribution in [0.5, 0.6) is 5.75 Å². The first-order chi connectivity index (χ1) is 9.04. The van der Waals surface area contributed by atoms with Crippen LogP contribution < -0.4 is 10.1 Å². The first kappa shape index (κ1) is 13.9. The Morgan fingerprint density at radius 1 is 1.53 bits per heavy atom. The van der Waals surface area contributed by atoms with E-state index in [2.05, 4.69) is 26.3 Å². The van der Waals surface area contributed by atoms with Gasteiger partial charge in [-0.15, -0.1) is 0 Å². The number of rotatable bonds is 4. The predicted octanol–water partition coefficient (Wildman–Crippen LogP) is 2.85. The highest BCUT2D eigenvalue weighted by Crippen LogP contribution is 2.27. The van der Waals surface area contributed by atoms with E-state index in [-0.39, 0.29) is 12.5 Å². The molecule has 0 bridgehead atoms. The van der Waals surface area contributed by atoms with Crippen LogP contribution in [0.1, 0.15) is 0 Å². The standard InChI is InChI=1S/C12H11BrClN3O2/c1-17-5-4-11(16-17)15-12(18)7-19-10-3-2-8(14)6-9(10)13/h2-6H,7H2,1H3,(H,15,16,18). The number of benzene rings is 1. The number of aryl methyl sites for hydroxylation is 1. The van der Waals surface area contributed by atoms with E-state index in [9.17, 15) is 4.79 Å². The van der Waals surface area contributed by atoms with E-state index in [1.165, 1.54) is 0 Å². The van der Waals surface area contributed by atoms with Gasteiger partial charge in [0.1, 0.15) is 5.75 Å². The number of ether oxygens (including phenoxy) is 1. The van der Waals surface area contributed by atoms with Gasteiger partial charge >= 0.3 is 0 Å². The summed E-state index contributed by atoms with van der Waals surface area (Å²) in [5, 5.41) is 7.26. The second-order valence-electron chi connectivity index (χ2n) is 3.79. The highest BCUT2D eigenvalue weighted by molar-refractivity contribution is 9.10. The number of hydrogen-bond donors (Lipinski definition) is 1. The first-order valence-electron chi connectivity index (χ1n) is 5.42. The number of amides is 1. The Hall–Kier alpha value is -1.53. The van der Waals surface area contributed by atoms with Crippen LogP contribution in [0.3, 0.4) is 0 Å². The zero-order chi connectivity index (χ0) is 13.8. The Labute approximate surface area is 123 Å². The number of aromatic nitrogens is 2. The van der Waals surface area contributed by atoms with Crippen molar-refractivity contribution < 1.29 is 9.53 Å². The van der Waals surface area contributed by atoms with Crippen LogP contribution in [-0.2, 0) is 11.8 Å². The van der Waals surface area contributed by atoms with Crippen molar-refractivity contribution in [1.82, 2.24) is 9.78 Å². The second-order valence-corrected chi connectivity index (χ2v) is 5.08. The maximum atomic E-state index is 11.6. The number of nitrogens with one attached hydrogen (secondary N) is 1. The molecular formula is C12H11BrClN3O2. The molecule has 19 heavy (non-hydrogen) atoms. The van der Waals surface area contributed by atoms with Crippen molar-refractivity contribution in [2.24, 2.45) is 7.05 Å². The Morgan fingerprint density at radius 3 is 2.95 bits per heavy atom. The van der Waals surface area contributed by atoms with Gasteiger partial charge in [0.25, 0.3) is 5.91 Å². The molecule has 100 valence electrons. The van der Waals surface area contributed by atoms with Gasteiger partial charge in [0.2, 0.25) is 0 Å². The SMILES string of the molecule is Cn1ccc(NC(=O)COc2ccc(Cl)cc2Br)n1. The van der Waals surface area contributed by atoms with E-state index >= 15 is 0 Å². The molecule has 0 radical (unpaired) electrons. The smallest absolute Gasteiger partial charge is 0.263 e. The van der Waals surface area contributed by atoms with Crippen molar-refractivity contribution in [3.63, 3.8) is 0 Å². The predicted molar refractivity (Wildman–Crippen MR) is 76.5 cm³/mol. The third-order valence-corrected chi connectivity index (χ3v) is 3.09. The van der Waals surface area contributed by atoms with E-state index in [0.29, 0.717) is 21.1 Å². The van der Waals surface area contributed by atoms with Gasteiger partial charge in [-0.25, -0.2) is 0 Å². The first-order valence-corrected chi connectivity index (χ1v) is 6.59. The van der Waals surface area contributed by atoms with Crippen LogP contribution >= 0.6 is 27.5 Å². The second kappa shape index (κ2) is 6.08. The van der Waals surface area contributed by atoms with Crippen molar-refractivity contribution in [3.05, 3.63) is 40.0 Å². The van der Waals surface area contributed by atoms with Crippen LogP contribution in [0.4, 0.5) is 5.82 Å². The third-order valence-electron chi connectivity index (χ3n) is 2.23. The lowest BCUT2D eigenvalue weighted by molar-refractivity contribution is -0.118. The highest BCUT2D eigenvalue weighted by Gasteiger charge is 2.07. The zero-order valence-corrected chi connectivity index (χ0v) is 12.4. The minimum Gasteiger partial charge on any atom is -0.483 e. The monoisotopic (exact) mass is 343 g/mol. The summed E-state index contributed by atoms with van der Waals surface area (Å²) >= 11 is 9.12. The summed E-state index contributed by atoms with van der Waals surface area (Å²) in [6.07, 6.45) is 1.74. The molecule has 0 unspecified atom stereocenters. The lowest BCUT2D eigenvalue weighted by atomic mass is 10.3. The summed E-state index contributed by atoms with van der Waals surface area (Å²) < 4.78 is 7.68. The fraction of sp³-hybridized carbons (Fsp3) is 0.167. The minimum atomic E-state index is -0.277. The van der Waals surface area contributed by atoms with Crippen LogP contribution in [0.25, 0.3) is 0 Å². The topological polar surface area (TPSA) is 56.2 Å². The normalized spacial score (nSPS) is 10.3. The molecule has 2 aromatic rings. The molecule has 0 aliphatic heterocycles. The van der Waals surface area contributed by atoms with Gasteiger partial charge in [0.15, 0.2) is 12.4 Å². The number of hydrogen-bond acceptors (Lipinski definition) is 3. The van der Waals surface area contributed by atoms with Crippen molar-refractivity contribution in [2.75, 3.05) is 11.9 Å². The summed E-state index contributed by atoms with van der Waals surface area (Å²) in [5.41, 5.74) is 0. The molecule has 1 amide bonds. The largest absolute Gasteiger partial charge is 0.483 e. The number of anilines is 1. The third kappa shape index (κ3) is 3.97. The molecule has 1 aromatic heterocycles. The maximum Gasteiger partial charge on any atom is 0.263 e. The number of halogens is 2. The van der Waals surface area contributed by atoms with Crippen molar-refractivity contribution >= 4 is 39.3 Å². The summed E-state index contributed by atoms with van der Waals surface area (Å²) in [5.74, 6) is 0.771. The molecule has 0 saturated carbocycles. The average Bonchev–Trinajstić information content (AvgIpc) is 2.73. The van der Waals surface area contributed by atoms with E-state index in [1.807, 2.05) is 0 Å². The van der Waals surface area contributed by atoms with E-state index in [0.717, 1.165) is 0 Å². The zero-order valence-electron chi connectivity index (χ0n) is 10.1. The lowest BCUT2D eigenvalue weighted by Crippen LogP contribution is -2.20. The Balaban J connectivity index is 1.89. The Morgan fingerprint density at radius 2 is 2.32 bits per heavy atom. The van der Waals surface area contributed by atoms with Gasteiger partial charge in [0, 0.05) is 24.3 Å². The summed E-state index contributed by atoms with van der Waals surface area (Å²) in [4.78, 5) is 11.6.